The number of nitriles is 1. The number of carbonyl (C=O) groups excluding carboxylic acids is 2. The maximum Gasteiger partial charge on any atom is 0.223 e. The molecule has 1 rings (SSSR count). The molecule has 0 radical (unpaired) electrons. The van der Waals surface area contributed by atoms with Crippen LogP contribution in [0.25, 0.3) is 0 Å². The molecule has 0 aliphatic carbocycles. The third-order valence-electron chi connectivity index (χ3n) is 4.03. The first-order chi connectivity index (χ1) is 10.4. The van der Waals surface area contributed by atoms with E-state index in [4.69, 9.17) is 5.26 Å². The Balaban J connectivity index is 2.41. The molecule has 1 aliphatic heterocycles. The predicted octanol–water partition coefficient (Wildman–Crippen LogP) is -0.288. The molecule has 1 aliphatic rings. The molecular weight excluding hydrogens is 284 g/mol. The molecule has 2 N–H and O–H groups in total. The molecule has 124 valence electrons. The monoisotopic (exact) mass is 310 g/mol. The quantitative estimate of drug-likeness (QED) is 0.673. The molecule has 1 heterocycles. The van der Waals surface area contributed by atoms with E-state index in [-0.39, 0.29) is 18.2 Å². The van der Waals surface area contributed by atoms with Gasteiger partial charge in [-0.15, -0.1) is 0 Å². The molecule has 1 fully saturated rings. The highest BCUT2D eigenvalue weighted by Crippen LogP contribution is 2.24. The smallest absolute Gasteiger partial charge is 0.223 e. The van der Waals surface area contributed by atoms with Crippen molar-refractivity contribution in [1.29, 1.82) is 5.26 Å². The van der Waals surface area contributed by atoms with Gasteiger partial charge in [0.15, 0.2) is 0 Å². The van der Waals surface area contributed by atoms with Gasteiger partial charge in [-0.25, -0.2) is 0 Å². The van der Waals surface area contributed by atoms with Gasteiger partial charge < -0.3 is 15.3 Å². The maximum absolute atomic E-state index is 11.9. The van der Waals surface area contributed by atoms with Gasteiger partial charge >= 0.3 is 0 Å². The molecule has 0 aromatic rings. The second-order valence-electron chi connectivity index (χ2n) is 5.93. The lowest BCUT2D eigenvalue weighted by Crippen LogP contribution is -2.50. The van der Waals surface area contributed by atoms with Crippen LogP contribution in [0.2, 0.25) is 0 Å². The summed E-state index contributed by atoms with van der Waals surface area (Å²) in [5, 5.41) is 21.6. The van der Waals surface area contributed by atoms with Crippen molar-refractivity contribution in [1.82, 2.24) is 15.1 Å². The van der Waals surface area contributed by atoms with Gasteiger partial charge in [-0.2, -0.15) is 5.26 Å². The van der Waals surface area contributed by atoms with E-state index in [0.717, 1.165) is 13.0 Å². The number of carbonyl (C=O) groups is 2. The van der Waals surface area contributed by atoms with E-state index >= 15 is 0 Å². The minimum atomic E-state index is -1.01. The molecule has 1 saturated heterocycles. The largest absolute Gasteiger partial charge is 0.388 e. The second kappa shape index (κ2) is 8.71. The summed E-state index contributed by atoms with van der Waals surface area (Å²) in [6, 6.07) is 2.02. The van der Waals surface area contributed by atoms with E-state index in [9.17, 15) is 14.7 Å². The van der Waals surface area contributed by atoms with Crippen LogP contribution in [-0.2, 0) is 9.59 Å². The minimum absolute atomic E-state index is 0.00401. The number of nitrogens with zero attached hydrogens (tertiary/aromatic N) is 3. The predicted molar refractivity (Wildman–Crippen MR) is 81.8 cm³/mol. The fourth-order valence-electron chi connectivity index (χ4n) is 2.72. The lowest BCUT2D eigenvalue weighted by atomic mass is 9.89. The van der Waals surface area contributed by atoms with Crippen LogP contribution in [0.3, 0.4) is 0 Å². The van der Waals surface area contributed by atoms with Crippen LogP contribution in [0.4, 0.5) is 0 Å². The van der Waals surface area contributed by atoms with E-state index in [2.05, 4.69) is 5.32 Å². The van der Waals surface area contributed by atoms with Gasteiger partial charge in [0.05, 0.1) is 24.5 Å². The van der Waals surface area contributed by atoms with Gasteiger partial charge in [-0.3, -0.25) is 14.5 Å². The zero-order valence-corrected chi connectivity index (χ0v) is 13.5. The average Bonchev–Trinajstić information content (AvgIpc) is 2.49. The summed E-state index contributed by atoms with van der Waals surface area (Å²) < 4.78 is 0. The van der Waals surface area contributed by atoms with Gasteiger partial charge in [-0.1, -0.05) is 0 Å². The molecule has 0 saturated carbocycles. The van der Waals surface area contributed by atoms with Crippen LogP contribution in [-0.4, -0.2) is 72.6 Å². The van der Waals surface area contributed by atoms with Crippen LogP contribution in [0, 0.1) is 11.3 Å². The molecular formula is C15H26N4O3. The van der Waals surface area contributed by atoms with Crippen molar-refractivity contribution in [3.63, 3.8) is 0 Å². The molecule has 0 aromatic carbocycles. The SMILES string of the molecule is CNC(=O)CC1(O)CCCN(CCC(=O)N(C)CCC#N)C1. The van der Waals surface area contributed by atoms with Crippen molar-refractivity contribution in [2.45, 2.75) is 37.7 Å². The summed E-state index contributed by atoms with van der Waals surface area (Å²) in [6.45, 7) is 2.24. The fraction of sp³-hybridized carbons (Fsp3) is 0.800. The maximum atomic E-state index is 11.9. The lowest BCUT2D eigenvalue weighted by molar-refractivity contribution is -0.132. The number of hydrogen-bond donors (Lipinski definition) is 2. The number of β-amino-alcohol motifs (C(OH)–C–C–N with tert-alkyl or cyclic N) is 1. The first-order valence-corrected chi connectivity index (χ1v) is 7.66. The van der Waals surface area contributed by atoms with Crippen molar-refractivity contribution >= 4 is 11.8 Å². The Morgan fingerprint density at radius 2 is 2.23 bits per heavy atom. The third kappa shape index (κ3) is 6.00. The van der Waals surface area contributed by atoms with Crippen LogP contribution in [0.5, 0.6) is 0 Å². The van der Waals surface area contributed by atoms with Crippen molar-refractivity contribution in [2.24, 2.45) is 0 Å². The summed E-state index contributed by atoms with van der Waals surface area (Å²) in [6.07, 6.45) is 2.20. The number of likely N-dealkylation sites (tertiary alicyclic amines) is 1. The van der Waals surface area contributed by atoms with Gasteiger partial charge in [0.1, 0.15) is 0 Å². The Morgan fingerprint density at radius 1 is 1.50 bits per heavy atom. The summed E-state index contributed by atoms with van der Waals surface area (Å²) in [4.78, 5) is 27.0. The van der Waals surface area contributed by atoms with Gasteiger partial charge in [-0.05, 0) is 19.4 Å². The van der Waals surface area contributed by atoms with Crippen molar-refractivity contribution in [3.05, 3.63) is 0 Å². The molecule has 0 bridgehead atoms. The van der Waals surface area contributed by atoms with Crippen molar-refractivity contribution < 1.29 is 14.7 Å². The zero-order valence-electron chi connectivity index (χ0n) is 13.5. The van der Waals surface area contributed by atoms with Gasteiger partial charge in [0, 0.05) is 40.2 Å². The van der Waals surface area contributed by atoms with Crippen LogP contribution < -0.4 is 5.32 Å². The van der Waals surface area contributed by atoms with Crippen LogP contribution >= 0.6 is 0 Å². The van der Waals surface area contributed by atoms with Gasteiger partial charge in [0.25, 0.3) is 0 Å². The summed E-state index contributed by atoms with van der Waals surface area (Å²) >= 11 is 0. The molecule has 0 aromatic heterocycles. The molecule has 1 atom stereocenters. The highest BCUT2D eigenvalue weighted by molar-refractivity contribution is 5.77. The molecule has 1 unspecified atom stereocenters. The molecule has 22 heavy (non-hydrogen) atoms. The number of amides is 2. The van der Waals surface area contributed by atoms with E-state index in [1.54, 1.807) is 19.0 Å². The standard InChI is InChI=1S/C15H26N4O3/c1-17-13(20)11-15(22)6-3-9-19(12-15)10-5-14(21)18(2)8-4-7-16/h22H,3-6,8-12H2,1-2H3,(H,17,20). The average molecular weight is 310 g/mol. The molecule has 7 heteroatoms. The Hall–Kier alpha value is -1.65. The molecule has 7 nitrogen and oxygen atoms in total. The van der Waals surface area contributed by atoms with Gasteiger partial charge in [0.2, 0.25) is 11.8 Å². The van der Waals surface area contributed by atoms with E-state index in [1.807, 2.05) is 11.0 Å². The van der Waals surface area contributed by atoms with Crippen LogP contribution in [0.15, 0.2) is 0 Å². The lowest BCUT2D eigenvalue weighted by Gasteiger charge is -2.38. The van der Waals surface area contributed by atoms with E-state index < -0.39 is 5.60 Å². The highest BCUT2D eigenvalue weighted by atomic mass is 16.3. The normalized spacial score (nSPS) is 21.9. The minimum Gasteiger partial charge on any atom is -0.388 e. The first kappa shape index (κ1) is 18.4. The highest BCUT2D eigenvalue weighted by Gasteiger charge is 2.35. The number of hydrogen-bond acceptors (Lipinski definition) is 5. The Bertz CT molecular complexity index is 435. The molecule has 2 amide bonds. The third-order valence-corrected chi connectivity index (χ3v) is 4.03. The Kier molecular flexibility index (Phi) is 7.28. The van der Waals surface area contributed by atoms with Crippen molar-refractivity contribution in [2.75, 3.05) is 40.3 Å². The fourth-order valence-corrected chi connectivity index (χ4v) is 2.72. The van der Waals surface area contributed by atoms with E-state index in [1.165, 1.54) is 0 Å². The molecule has 0 spiro atoms. The number of aliphatic hydroxyl groups is 1. The van der Waals surface area contributed by atoms with Crippen molar-refractivity contribution in [3.8, 4) is 6.07 Å². The van der Waals surface area contributed by atoms with E-state index in [0.29, 0.717) is 38.9 Å². The number of rotatable bonds is 7. The van der Waals surface area contributed by atoms with Crippen LogP contribution in [0.1, 0.15) is 32.1 Å². The summed E-state index contributed by atoms with van der Waals surface area (Å²) in [7, 11) is 3.25. The second-order valence-corrected chi connectivity index (χ2v) is 5.93. The Morgan fingerprint density at radius 3 is 2.86 bits per heavy atom. The summed E-state index contributed by atoms with van der Waals surface area (Å²) in [5.41, 5.74) is -1.01. The zero-order chi connectivity index (χ0) is 16.6. The Labute approximate surface area is 131 Å². The first-order valence-electron chi connectivity index (χ1n) is 7.66. The topological polar surface area (TPSA) is 96.7 Å². The summed E-state index contributed by atoms with van der Waals surface area (Å²) in [5.74, 6) is -0.174. The number of nitrogens with one attached hydrogen (secondary N) is 1. The number of piperidine rings is 1.